The Bertz CT molecular complexity index is 305. The average molecular weight is 275 g/mol. The molecule has 1 amide bonds. The molecule has 0 aromatic rings. The molecule has 5 heteroatoms. The molecule has 2 rings (SSSR count). The van der Waals surface area contributed by atoms with E-state index in [0.29, 0.717) is 18.8 Å². The van der Waals surface area contributed by atoms with Gasteiger partial charge in [0.05, 0.1) is 0 Å². The lowest BCUT2D eigenvalue weighted by atomic mass is 9.84. The molecule has 2 N–H and O–H groups in total. The van der Waals surface area contributed by atoms with E-state index in [2.05, 4.69) is 5.32 Å². The largest absolute Gasteiger partial charge is 0.396 e. The summed E-state index contributed by atoms with van der Waals surface area (Å²) in [7, 11) is 0. The quantitative estimate of drug-likeness (QED) is 0.831. The predicted molar refractivity (Wildman–Crippen MR) is 67.9 cm³/mol. The van der Waals surface area contributed by atoms with Crippen molar-refractivity contribution < 1.29 is 18.7 Å². The molecule has 2 aliphatic carbocycles. The number of hydrogen-bond acceptors (Lipinski definition) is 2. The minimum absolute atomic E-state index is 0.0528. The zero-order chi connectivity index (χ0) is 13.9. The minimum Gasteiger partial charge on any atom is -0.396 e. The number of rotatable bonds is 3. The van der Waals surface area contributed by atoms with Gasteiger partial charge in [-0.25, -0.2) is 8.78 Å². The Labute approximate surface area is 112 Å². The maximum Gasteiger partial charge on any atom is 0.248 e. The van der Waals surface area contributed by atoms with E-state index >= 15 is 0 Å². The summed E-state index contributed by atoms with van der Waals surface area (Å²) in [6, 6.07) is 0.165. The molecule has 0 saturated heterocycles. The van der Waals surface area contributed by atoms with Gasteiger partial charge in [-0.15, -0.1) is 0 Å². The van der Waals surface area contributed by atoms with Crippen LogP contribution in [0.4, 0.5) is 8.78 Å². The molecule has 0 bridgehead atoms. The van der Waals surface area contributed by atoms with Gasteiger partial charge in [-0.2, -0.15) is 0 Å². The van der Waals surface area contributed by atoms with Crippen LogP contribution in [0.1, 0.15) is 51.4 Å². The first-order valence-corrected chi connectivity index (χ1v) is 7.29. The Hall–Kier alpha value is -0.710. The van der Waals surface area contributed by atoms with Crippen LogP contribution in [0.15, 0.2) is 0 Å². The second-order valence-electron chi connectivity index (χ2n) is 6.04. The number of aliphatic hydroxyl groups excluding tert-OH is 1. The lowest BCUT2D eigenvalue weighted by Crippen LogP contribution is -2.43. The maximum atomic E-state index is 13.0. The first-order valence-electron chi connectivity index (χ1n) is 7.29. The average Bonchev–Trinajstić information content (AvgIpc) is 2.39. The van der Waals surface area contributed by atoms with Gasteiger partial charge in [0.2, 0.25) is 11.8 Å². The molecule has 0 heterocycles. The smallest absolute Gasteiger partial charge is 0.248 e. The molecule has 0 radical (unpaired) electrons. The van der Waals surface area contributed by atoms with Crippen molar-refractivity contribution in [2.45, 2.75) is 63.3 Å². The zero-order valence-electron chi connectivity index (χ0n) is 11.2. The van der Waals surface area contributed by atoms with E-state index in [-0.39, 0.29) is 37.3 Å². The molecule has 2 saturated carbocycles. The van der Waals surface area contributed by atoms with Crippen molar-refractivity contribution in [3.05, 3.63) is 0 Å². The van der Waals surface area contributed by atoms with Gasteiger partial charge in [0.15, 0.2) is 0 Å². The van der Waals surface area contributed by atoms with Crippen LogP contribution in [0.3, 0.4) is 0 Å². The third-order valence-corrected chi connectivity index (χ3v) is 4.54. The zero-order valence-corrected chi connectivity index (χ0v) is 11.2. The van der Waals surface area contributed by atoms with E-state index in [1.54, 1.807) is 0 Å². The number of halogens is 2. The number of nitrogens with one attached hydrogen (secondary N) is 1. The van der Waals surface area contributed by atoms with Crippen molar-refractivity contribution >= 4 is 5.91 Å². The van der Waals surface area contributed by atoms with Gasteiger partial charge in [-0.1, -0.05) is 0 Å². The third-order valence-electron chi connectivity index (χ3n) is 4.54. The molecule has 0 aliphatic heterocycles. The summed E-state index contributed by atoms with van der Waals surface area (Å²) < 4.78 is 26.1. The molecule has 2 aliphatic rings. The molecule has 0 unspecified atom stereocenters. The third kappa shape index (κ3) is 4.13. The van der Waals surface area contributed by atoms with Crippen molar-refractivity contribution in [1.29, 1.82) is 0 Å². The van der Waals surface area contributed by atoms with Gasteiger partial charge in [0.1, 0.15) is 0 Å². The Kier molecular flexibility index (Phi) is 4.76. The Balaban J connectivity index is 1.73. The summed E-state index contributed by atoms with van der Waals surface area (Å²) in [5.41, 5.74) is 0. The van der Waals surface area contributed by atoms with Crippen LogP contribution in [-0.2, 0) is 4.79 Å². The first-order chi connectivity index (χ1) is 9.00. The van der Waals surface area contributed by atoms with E-state index in [9.17, 15) is 13.6 Å². The van der Waals surface area contributed by atoms with Crippen molar-refractivity contribution in [2.24, 2.45) is 11.8 Å². The highest BCUT2D eigenvalue weighted by atomic mass is 19.3. The molecular weight excluding hydrogens is 252 g/mol. The fraction of sp³-hybridized carbons (Fsp3) is 0.929. The molecule has 3 nitrogen and oxygen atoms in total. The van der Waals surface area contributed by atoms with Crippen molar-refractivity contribution in [2.75, 3.05) is 6.61 Å². The molecule has 2 fully saturated rings. The Morgan fingerprint density at radius 2 is 1.68 bits per heavy atom. The highest BCUT2D eigenvalue weighted by Gasteiger charge is 2.37. The molecule has 0 aromatic carbocycles. The van der Waals surface area contributed by atoms with E-state index in [0.717, 1.165) is 25.7 Å². The Morgan fingerprint density at radius 1 is 1.11 bits per heavy atom. The van der Waals surface area contributed by atoms with Crippen LogP contribution in [0.2, 0.25) is 0 Å². The lowest BCUT2D eigenvalue weighted by molar-refractivity contribution is -0.130. The highest BCUT2D eigenvalue weighted by molar-refractivity contribution is 5.79. The van der Waals surface area contributed by atoms with Gasteiger partial charge in [-0.3, -0.25) is 4.79 Å². The van der Waals surface area contributed by atoms with Crippen LogP contribution in [0.25, 0.3) is 0 Å². The normalized spacial score (nSPS) is 31.9. The number of amides is 1. The van der Waals surface area contributed by atoms with Crippen molar-refractivity contribution in [3.63, 3.8) is 0 Å². The van der Waals surface area contributed by atoms with Crippen LogP contribution in [0.5, 0.6) is 0 Å². The van der Waals surface area contributed by atoms with E-state index in [1.807, 2.05) is 0 Å². The number of aliphatic hydroxyl groups is 1. The molecule has 19 heavy (non-hydrogen) atoms. The van der Waals surface area contributed by atoms with E-state index in [4.69, 9.17) is 5.11 Å². The predicted octanol–water partition coefficient (Wildman–Crippen LogP) is 2.48. The Morgan fingerprint density at radius 3 is 2.21 bits per heavy atom. The topological polar surface area (TPSA) is 49.3 Å². The minimum atomic E-state index is -2.57. The summed E-state index contributed by atoms with van der Waals surface area (Å²) in [4.78, 5) is 12.0. The molecule has 0 atom stereocenters. The van der Waals surface area contributed by atoms with Gasteiger partial charge < -0.3 is 10.4 Å². The second kappa shape index (κ2) is 6.16. The monoisotopic (exact) mass is 275 g/mol. The van der Waals surface area contributed by atoms with E-state index in [1.165, 1.54) is 0 Å². The molecular formula is C14H23F2NO2. The summed E-state index contributed by atoms with van der Waals surface area (Å²) in [5, 5.41) is 12.0. The summed E-state index contributed by atoms with van der Waals surface area (Å²) in [6.45, 7) is 0.221. The fourth-order valence-electron chi connectivity index (χ4n) is 3.11. The number of carbonyl (C=O) groups is 1. The van der Waals surface area contributed by atoms with Crippen LogP contribution < -0.4 is 5.32 Å². The SMILES string of the molecule is O=C(NC1CCC(CO)CC1)C1CCC(F)(F)CC1. The summed E-state index contributed by atoms with van der Waals surface area (Å²) in [6.07, 6.45) is 3.91. The van der Waals surface area contributed by atoms with Crippen LogP contribution >= 0.6 is 0 Å². The van der Waals surface area contributed by atoms with Crippen molar-refractivity contribution in [1.82, 2.24) is 5.32 Å². The second-order valence-corrected chi connectivity index (χ2v) is 6.04. The van der Waals surface area contributed by atoms with Crippen molar-refractivity contribution in [3.8, 4) is 0 Å². The summed E-state index contributed by atoms with van der Waals surface area (Å²) in [5.74, 6) is -2.50. The van der Waals surface area contributed by atoms with Gasteiger partial charge in [-0.05, 0) is 44.4 Å². The van der Waals surface area contributed by atoms with Gasteiger partial charge >= 0.3 is 0 Å². The van der Waals surface area contributed by atoms with Crippen LogP contribution in [-0.4, -0.2) is 29.6 Å². The fourth-order valence-corrected chi connectivity index (χ4v) is 3.11. The number of carbonyl (C=O) groups excluding carboxylic acids is 1. The molecule has 0 spiro atoms. The van der Waals surface area contributed by atoms with Crippen LogP contribution in [0, 0.1) is 11.8 Å². The lowest BCUT2D eigenvalue weighted by Gasteiger charge is -2.31. The molecule has 0 aromatic heterocycles. The maximum absolute atomic E-state index is 13.0. The number of alkyl halides is 2. The molecule has 110 valence electrons. The van der Waals surface area contributed by atoms with E-state index < -0.39 is 5.92 Å². The standard InChI is InChI=1S/C14H23F2NO2/c15-14(16)7-5-11(6-8-14)13(19)17-12-3-1-10(9-18)2-4-12/h10-12,18H,1-9H2,(H,17,19). The highest BCUT2D eigenvalue weighted by Crippen LogP contribution is 2.36. The van der Waals surface area contributed by atoms with Gasteiger partial charge in [0.25, 0.3) is 0 Å². The van der Waals surface area contributed by atoms with Gasteiger partial charge in [0, 0.05) is 31.4 Å². The first kappa shape index (κ1) is 14.7. The number of hydrogen-bond donors (Lipinski definition) is 2. The summed E-state index contributed by atoms with van der Waals surface area (Å²) >= 11 is 0.